The molecule has 0 unspecified atom stereocenters. The molecular formula is C18H13ClF3NO5S. The molecule has 0 spiro atoms. The quantitative estimate of drug-likeness (QED) is 0.540. The summed E-state index contributed by atoms with van der Waals surface area (Å²) >= 11 is 5.76. The molecule has 29 heavy (non-hydrogen) atoms. The predicted molar refractivity (Wildman–Crippen MR) is 99.7 cm³/mol. The van der Waals surface area contributed by atoms with Crippen molar-refractivity contribution in [3.8, 4) is 0 Å². The van der Waals surface area contributed by atoms with Gasteiger partial charge in [-0.3, -0.25) is 4.79 Å². The molecule has 2 rings (SSSR count). The molecule has 6 nitrogen and oxygen atoms in total. The van der Waals surface area contributed by atoms with Gasteiger partial charge in [0.1, 0.15) is 0 Å². The average molecular weight is 448 g/mol. The third kappa shape index (κ3) is 5.58. The fourth-order valence-electron chi connectivity index (χ4n) is 2.32. The Morgan fingerprint density at radius 1 is 0.966 bits per heavy atom. The van der Waals surface area contributed by atoms with Gasteiger partial charge in [-0.05, 0) is 35.4 Å². The molecular weight excluding hydrogens is 435 g/mol. The van der Waals surface area contributed by atoms with Crippen LogP contribution in [0, 0.1) is 0 Å². The van der Waals surface area contributed by atoms with E-state index in [1.165, 1.54) is 24.3 Å². The van der Waals surface area contributed by atoms with Gasteiger partial charge in [0.05, 0.1) is 16.2 Å². The Hall–Kier alpha value is -2.85. The Balaban J connectivity index is 2.73. The second kappa shape index (κ2) is 8.26. The molecule has 2 N–H and O–H groups in total. The number of carbonyl (C=O) groups excluding carboxylic acids is 1. The van der Waals surface area contributed by atoms with Gasteiger partial charge in [-0.2, -0.15) is 13.2 Å². The first-order valence-corrected chi connectivity index (χ1v) is 10.00. The van der Waals surface area contributed by atoms with Gasteiger partial charge >= 0.3 is 18.1 Å². The second-order valence-electron chi connectivity index (χ2n) is 5.81. The minimum Gasteiger partial charge on any atom is -0.478 e. The van der Waals surface area contributed by atoms with Crippen molar-refractivity contribution >= 4 is 44.6 Å². The maximum Gasteiger partial charge on any atom is 0.471 e. The number of aliphatic carboxylic acids is 1. The second-order valence-corrected chi connectivity index (χ2v) is 8.26. The lowest BCUT2D eigenvalue weighted by Gasteiger charge is -2.16. The van der Waals surface area contributed by atoms with Crippen molar-refractivity contribution in [3.63, 3.8) is 0 Å². The number of hydrogen-bond donors (Lipinski definition) is 2. The number of carboxylic acids is 1. The van der Waals surface area contributed by atoms with E-state index in [2.05, 4.69) is 0 Å². The van der Waals surface area contributed by atoms with E-state index in [1.807, 2.05) is 0 Å². The Labute approximate surface area is 168 Å². The lowest BCUT2D eigenvalue weighted by atomic mass is 9.99. The van der Waals surface area contributed by atoms with Crippen LogP contribution in [0.4, 0.5) is 13.2 Å². The molecule has 2 aromatic rings. The van der Waals surface area contributed by atoms with Gasteiger partial charge in [-0.15, -0.1) is 0 Å². The van der Waals surface area contributed by atoms with Crippen molar-refractivity contribution in [2.75, 3.05) is 6.26 Å². The van der Waals surface area contributed by atoms with Crippen LogP contribution in [0.25, 0.3) is 11.3 Å². The summed E-state index contributed by atoms with van der Waals surface area (Å²) in [5.74, 6) is -4.00. The Morgan fingerprint density at radius 2 is 1.45 bits per heavy atom. The summed E-state index contributed by atoms with van der Waals surface area (Å²) in [5, 5.41) is 11.4. The molecule has 0 aromatic heterocycles. The highest BCUT2D eigenvalue weighted by Gasteiger charge is 2.40. The van der Waals surface area contributed by atoms with Crippen LogP contribution in [0.3, 0.4) is 0 Å². The predicted octanol–water partition coefficient (Wildman–Crippen LogP) is 3.37. The molecule has 0 radical (unpaired) electrons. The molecule has 11 heteroatoms. The summed E-state index contributed by atoms with van der Waals surface area (Å²) in [6.07, 6.45) is -4.35. The number of amides is 1. The van der Waals surface area contributed by atoms with Crippen LogP contribution < -0.4 is 5.32 Å². The van der Waals surface area contributed by atoms with Crippen molar-refractivity contribution in [1.29, 1.82) is 0 Å². The van der Waals surface area contributed by atoms with Gasteiger partial charge in [0.2, 0.25) is 0 Å². The average Bonchev–Trinajstić information content (AvgIpc) is 2.61. The van der Waals surface area contributed by atoms with Crippen molar-refractivity contribution in [2.24, 2.45) is 0 Å². The van der Waals surface area contributed by atoms with E-state index in [-0.39, 0.29) is 21.0 Å². The van der Waals surface area contributed by atoms with Gasteiger partial charge < -0.3 is 10.4 Å². The molecule has 0 saturated heterocycles. The Kier molecular flexibility index (Phi) is 6.39. The maximum absolute atomic E-state index is 12.8. The van der Waals surface area contributed by atoms with Crippen LogP contribution in [0.1, 0.15) is 11.1 Å². The van der Waals surface area contributed by atoms with E-state index in [0.717, 1.165) is 30.5 Å². The maximum atomic E-state index is 12.8. The zero-order valence-corrected chi connectivity index (χ0v) is 16.2. The number of sulfone groups is 1. The number of halogens is 4. The number of nitrogens with one attached hydrogen (secondary N) is 1. The lowest BCUT2D eigenvalue weighted by Crippen LogP contribution is -2.36. The topological polar surface area (TPSA) is 101 Å². The van der Waals surface area contributed by atoms with E-state index >= 15 is 0 Å². The van der Waals surface area contributed by atoms with Crippen LogP contribution in [0.15, 0.2) is 53.4 Å². The van der Waals surface area contributed by atoms with E-state index in [9.17, 15) is 36.3 Å². The standard InChI is InChI=1S/C18H13ClF3NO5S/c1-29(27,28)13-8-4-11(5-9-13)15(23-17(26)18(20,21)22)14(16(24)25)10-2-6-12(19)7-3-10/h2-9H,1H3,(H,23,26)(H,24,25)/b15-14+. The first kappa shape index (κ1) is 22.4. The van der Waals surface area contributed by atoms with E-state index in [4.69, 9.17) is 11.6 Å². The molecule has 0 aliphatic carbocycles. The number of carboxylic acid groups (broad SMARTS) is 1. The first-order chi connectivity index (χ1) is 13.3. The first-order valence-electron chi connectivity index (χ1n) is 7.73. The number of rotatable bonds is 5. The summed E-state index contributed by atoms with van der Waals surface area (Å²) < 4.78 is 61.5. The Morgan fingerprint density at radius 3 is 1.86 bits per heavy atom. The van der Waals surface area contributed by atoms with Crippen molar-refractivity contribution in [2.45, 2.75) is 11.1 Å². The molecule has 2 aromatic carbocycles. The molecule has 1 amide bonds. The summed E-state index contributed by atoms with van der Waals surface area (Å²) in [4.78, 5) is 23.2. The molecule has 0 atom stereocenters. The van der Waals surface area contributed by atoms with Crippen LogP contribution >= 0.6 is 11.6 Å². The smallest absolute Gasteiger partial charge is 0.471 e. The molecule has 0 aliphatic heterocycles. The highest BCUT2D eigenvalue weighted by molar-refractivity contribution is 7.90. The lowest BCUT2D eigenvalue weighted by molar-refractivity contribution is -0.172. The number of hydrogen-bond acceptors (Lipinski definition) is 4. The summed E-state index contributed by atoms with van der Waals surface area (Å²) in [6, 6.07) is 9.55. The van der Waals surface area contributed by atoms with E-state index in [1.54, 1.807) is 5.32 Å². The van der Waals surface area contributed by atoms with Crippen LogP contribution in [-0.4, -0.2) is 37.8 Å². The monoisotopic (exact) mass is 447 g/mol. The summed E-state index contributed by atoms with van der Waals surface area (Å²) in [5.41, 5.74) is -1.44. The highest BCUT2D eigenvalue weighted by Crippen LogP contribution is 2.28. The minimum absolute atomic E-state index is 0.0217. The summed E-state index contributed by atoms with van der Waals surface area (Å²) in [7, 11) is -3.60. The van der Waals surface area contributed by atoms with Gasteiger partial charge in [0, 0.05) is 11.3 Å². The van der Waals surface area contributed by atoms with Crippen LogP contribution in [0.5, 0.6) is 0 Å². The Bertz CT molecular complexity index is 1080. The summed E-state index contributed by atoms with van der Waals surface area (Å²) in [6.45, 7) is 0. The molecule has 0 aliphatic rings. The molecule has 0 heterocycles. The van der Waals surface area contributed by atoms with Gasteiger partial charge in [-0.1, -0.05) is 35.9 Å². The number of carbonyl (C=O) groups is 2. The largest absolute Gasteiger partial charge is 0.478 e. The number of alkyl halides is 3. The third-order valence-corrected chi connectivity index (χ3v) is 5.04. The van der Waals surface area contributed by atoms with Crippen molar-refractivity contribution in [1.82, 2.24) is 5.32 Å². The zero-order valence-electron chi connectivity index (χ0n) is 14.6. The molecule has 0 fully saturated rings. The SMILES string of the molecule is CS(=O)(=O)c1ccc(/C(NC(=O)C(F)(F)F)=C(\C(=O)O)c2ccc(Cl)cc2)cc1. The highest BCUT2D eigenvalue weighted by atomic mass is 35.5. The number of benzene rings is 2. The van der Waals surface area contributed by atoms with E-state index < -0.39 is 39.2 Å². The van der Waals surface area contributed by atoms with E-state index in [0.29, 0.717) is 0 Å². The van der Waals surface area contributed by atoms with Crippen LogP contribution in [0.2, 0.25) is 5.02 Å². The van der Waals surface area contributed by atoms with Gasteiger partial charge in [0.25, 0.3) is 0 Å². The van der Waals surface area contributed by atoms with Crippen molar-refractivity contribution < 1.29 is 36.3 Å². The molecule has 0 saturated carbocycles. The third-order valence-electron chi connectivity index (χ3n) is 3.66. The fourth-order valence-corrected chi connectivity index (χ4v) is 3.08. The van der Waals surface area contributed by atoms with Crippen molar-refractivity contribution in [3.05, 3.63) is 64.7 Å². The zero-order chi connectivity index (χ0) is 22.0. The van der Waals surface area contributed by atoms with Gasteiger partial charge in [0.15, 0.2) is 9.84 Å². The van der Waals surface area contributed by atoms with Crippen LogP contribution in [-0.2, 0) is 19.4 Å². The minimum atomic E-state index is -5.28. The molecule has 154 valence electrons. The molecule has 0 bridgehead atoms. The normalized spacial score (nSPS) is 12.9. The van der Waals surface area contributed by atoms with Gasteiger partial charge in [-0.25, -0.2) is 13.2 Å². The fraction of sp³-hybridized carbons (Fsp3) is 0.111.